The topological polar surface area (TPSA) is 38.7 Å². The second kappa shape index (κ2) is 6.62. The van der Waals surface area contributed by atoms with Crippen LogP contribution in [0.2, 0.25) is 0 Å². The molecule has 0 fully saturated rings. The molecule has 1 rings (SSSR count). The van der Waals surface area contributed by atoms with Gasteiger partial charge in [0.25, 0.3) is 0 Å². The molecule has 17 heavy (non-hydrogen) atoms. The lowest BCUT2D eigenvalue weighted by molar-refractivity contribution is -0.0358. The number of para-hydroxylation sites is 1. The lowest BCUT2D eigenvalue weighted by Crippen LogP contribution is -2.28. The summed E-state index contributed by atoms with van der Waals surface area (Å²) in [6.07, 6.45) is 0.946. The molecule has 1 aromatic carbocycles. The molecule has 1 unspecified atom stereocenters. The standard InChI is InChI=1S/C14H22O3/c1-4-10-17-13-9-7-6-8-12(13)14(3,15)11-16-5-2/h6-9,15H,4-5,10-11H2,1-3H3. The third kappa shape index (κ3) is 4.02. The molecule has 1 N–H and O–H groups in total. The summed E-state index contributed by atoms with van der Waals surface area (Å²) in [5.41, 5.74) is -0.234. The smallest absolute Gasteiger partial charge is 0.125 e. The Kier molecular flexibility index (Phi) is 5.45. The van der Waals surface area contributed by atoms with Gasteiger partial charge in [-0.05, 0) is 26.3 Å². The van der Waals surface area contributed by atoms with Crippen molar-refractivity contribution in [2.45, 2.75) is 32.8 Å². The summed E-state index contributed by atoms with van der Waals surface area (Å²) >= 11 is 0. The summed E-state index contributed by atoms with van der Waals surface area (Å²) in [6.45, 7) is 7.24. The minimum absolute atomic E-state index is 0.274. The summed E-state index contributed by atoms with van der Waals surface area (Å²) in [4.78, 5) is 0. The molecule has 0 heterocycles. The van der Waals surface area contributed by atoms with E-state index in [9.17, 15) is 5.11 Å². The highest BCUT2D eigenvalue weighted by molar-refractivity contribution is 5.37. The van der Waals surface area contributed by atoms with E-state index < -0.39 is 5.60 Å². The van der Waals surface area contributed by atoms with Crippen molar-refractivity contribution in [1.29, 1.82) is 0 Å². The maximum atomic E-state index is 10.4. The zero-order valence-corrected chi connectivity index (χ0v) is 10.9. The van der Waals surface area contributed by atoms with Crippen LogP contribution in [0.3, 0.4) is 0 Å². The van der Waals surface area contributed by atoms with Gasteiger partial charge in [-0.2, -0.15) is 0 Å². The van der Waals surface area contributed by atoms with Crippen LogP contribution in [-0.2, 0) is 10.3 Å². The van der Waals surface area contributed by atoms with Crippen LogP contribution in [-0.4, -0.2) is 24.9 Å². The Morgan fingerprint density at radius 3 is 2.59 bits per heavy atom. The first-order valence-electron chi connectivity index (χ1n) is 6.14. The van der Waals surface area contributed by atoms with Crippen LogP contribution in [0.4, 0.5) is 0 Å². The number of aliphatic hydroxyl groups is 1. The third-order valence-electron chi connectivity index (χ3n) is 2.52. The van der Waals surface area contributed by atoms with Crippen molar-refractivity contribution in [3.8, 4) is 5.75 Å². The zero-order valence-electron chi connectivity index (χ0n) is 10.9. The SMILES string of the molecule is CCCOc1ccccc1C(C)(O)COCC. The van der Waals surface area contributed by atoms with Crippen molar-refractivity contribution in [1.82, 2.24) is 0 Å². The van der Waals surface area contributed by atoms with Crippen molar-refractivity contribution in [2.24, 2.45) is 0 Å². The molecule has 0 bridgehead atoms. The van der Waals surface area contributed by atoms with Crippen LogP contribution < -0.4 is 4.74 Å². The highest BCUT2D eigenvalue weighted by Gasteiger charge is 2.26. The van der Waals surface area contributed by atoms with Crippen LogP contribution in [0, 0.1) is 0 Å². The predicted molar refractivity (Wildman–Crippen MR) is 68.3 cm³/mol. The number of benzene rings is 1. The fourth-order valence-corrected chi connectivity index (χ4v) is 1.63. The van der Waals surface area contributed by atoms with E-state index in [-0.39, 0.29) is 6.61 Å². The van der Waals surface area contributed by atoms with Gasteiger partial charge in [0.2, 0.25) is 0 Å². The quantitative estimate of drug-likeness (QED) is 0.793. The second-order valence-corrected chi connectivity index (χ2v) is 4.26. The summed E-state index contributed by atoms with van der Waals surface area (Å²) < 4.78 is 10.9. The summed E-state index contributed by atoms with van der Waals surface area (Å²) in [7, 11) is 0. The first kappa shape index (κ1) is 14.0. The van der Waals surface area contributed by atoms with Gasteiger partial charge >= 0.3 is 0 Å². The Balaban J connectivity index is 2.86. The van der Waals surface area contributed by atoms with Gasteiger partial charge in [-0.25, -0.2) is 0 Å². The average Bonchev–Trinajstić information content (AvgIpc) is 2.34. The minimum atomic E-state index is -1.01. The fourth-order valence-electron chi connectivity index (χ4n) is 1.63. The molecule has 0 amide bonds. The number of ether oxygens (including phenoxy) is 2. The molecule has 0 radical (unpaired) electrons. The van der Waals surface area contributed by atoms with Gasteiger partial charge in [-0.1, -0.05) is 25.1 Å². The molecule has 0 spiro atoms. The monoisotopic (exact) mass is 238 g/mol. The lowest BCUT2D eigenvalue weighted by atomic mass is 9.96. The summed E-state index contributed by atoms with van der Waals surface area (Å²) in [5.74, 6) is 0.735. The van der Waals surface area contributed by atoms with Gasteiger partial charge in [0.05, 0.1) is 13.2 Å². The molecule has 0 saturated carbocycles. The first-order valence-corrected chi connectivity index (χ1v) is 6.14. The molecule has 0 aromatic heterocycles. The van der Waals surface area contributed by atoms with E-state index in [0.717, 1.165) is 17.7 Å². The van der Waals surface area contributed by atoms with Crippen molar-refractivity contribution in [3.63, 3.8) is 0 Å². The van der Waals surface area contributed by atoms with Crippen molar-refractivity contribution < 1.29 is 14.6 Å². The van der Waals surface area contributed by atoms with Crippen molar-refractivity contribution >= 4 is 0 Å². The molecule has 0 aliphatic carbocycles. The number of rotatable bonds is 7. The third-order valence-corrected chi connectivity index (χ3v) is 2.52. The minimum Gasteiger partial charge on any atom is -0.493 e. The van der Waals surface area contributed by atoms with Gasteiger partial charge in [-0.15, -0.1) is 0 Å². The number of hydrogen-bond donors (Lipinski definition) is 1. The molecule has 3 heteroatoms. The van der Waals surface area contributed by atoms with Crippen LogP contribution in [0.1, 0.15) is 32.8 Å². The maximum absolute atomic E-state index is 10.4. The van der Waals surface area contributed by atoms with Gasteiger partial charge < -0.3 is 14.6 Å². The van der Waals surface area contributed by atoms with Gasteiger partial charge in [0, 0.05) is 12.2 Å². The van der Waals surface area contributed by atoms with Gasteiger partial charge in [0.1, 0.15) is 11.4 Å². The molecular formula is C14H22O3. The van der Waals surface area contributed by atoms with E-state index in [4.69, 9.17) is 9.47 Å². The molecule has 96 valence electrons. The molecular weight excluding hydrogens is 216 g/mol. The van der Waals surface area contributed by atoms with E-state index in [0.29, 0.717) is 13.2 Å². The average molecular weight is 238 g/mol. The van der Waals surface area contributed by atoms with E-state index in [1.165, 1.54) is 0 Å². The molecule has 0 saturated heterocycles. The Labute approximate surface area is 103 Å². The van der Waals surface area contributed by atoms with E-state index in [2.05, 4.69) is 6.92 Å². The molecule has 1 atom stereocenters. The second-order valence-electron chi connectivity index (χ2n) is 4.26. The zero-order chi connectivity index (χ0) is 12.7. The van der Waals surface area contributed by atoms with E-state index >= 15 is 0 Å². The Morgan fingerprint density at radius 2 is 1.94 bits per heavy atom. The summed E-state index contributed by atoms with van der Waals surface area (Å²) in [5, 5.41) is 10.4. The highest BCUT2D eigenvalue weighted by atomic mass is 16.5. The number of hydrogen-bond acceptors (Lipinski definition) is 3. The van der Waals surface area contributed by atoms with E-state index in [1.807, 2.05) is 31.2 Å². The van der Waals surface area contributed by atoms with Crippen LogP contribution in [0.25, 0.3) is 0 Å². The maximum Gasteiger partial charge on any atom is 0.125 e. The van der Waals surface area contributed by atoms with Crippen LogP contribution >= 0.6 is 0 Å². The van der Waals surface area contributed by atoms with Gasteiger partial charge in [-0.3, -0.25) is 0 Å². The van der Waals surface area contributed by atoms with E-state index in [1.54, 1.807) is 6.92 Å². The lowest BCUT2D eigenvalue weighted by Gasteiger charge is -2.25. The van der Waals surface area contributed by atoms with Crippen molar-refractivity contribution in [2.75, 3.05) is 19.8 Å². The first-order chi connectivity index (χ1) is 8.11. The van der Waals surface area contributed by atoms with Crippen LogP contribution in [0.5, 0.6) is 5.75 Å². The Morgan fingerprint density at radius 1 is 1.24 bits per heavy atom. The predicted octanol–water partition coefficient (Wildman–Crippen LogP) is 2.72. The Hall–Kier alpha value is -1.06. The van der Waals surface area contributed by atoms with Crippen LogP contribution in [0.15, 0.2) is 24.3 Å². The normalized spacial score (nSPS) is 14.4. The molecule has 3 nitrogen and oxygen atoms in total. The largest absolute Gasteiger partial charge is 0.493 e. The summed E-state index contributed by atoms with van der Waals surface area (Å²) in [6, 6.07) is 7.56. The molecule has 1 aromatic rings. The molecule has 0 aliphatic heterocycles. The molecule has 0 aliphatic rings. The fraction of sp³-hybridized carbons (Fsp3) is 0.571. The Bertz CT molecular complexity index is 334. The highest BCUT2D eigenvalue weighted by Crippen LogP contribution is 2.30. The van der Waals surface area contributed by atoms with Crippen molar-refractivity contribution in [3.05, 3.63) is 29.8 Å². The van der Waals surface area contributed by atoms with Gasteiger partial charge in [0.15, 0.2) is 0 Å².